The van der Waals surface area contributed by atoms with Crippen LogP contribution in [-0.2, 0) is 6.42 Å². The number of carbonyl (C=O) groups is 1. The Morgan fingerprint density at radius 1 is 1.36 bits per heavy atom. The molecular weight excluding hydrogens is 312 g/mol. The van der Waals surface area contributed by atoms with E-state index < -0.39 is 0 Å². The van der Waals surface area contributed by atoms with E-state index in [1.54, 1.807) is 12.3 Å². The lowest BCUT2D eigenvalue weighted by Crippen LogP contribution is -2.35. The van der Waals surface area contributed by atoms with E-state index in [1.165, 1.54) is 6.42 Å². The third-order valence-corrected chi connectivity index (χ3v) is 4.79. The van der Waals surface area contributed by atoms with Gasteiger partial charge in [0.1, 0.15) is 5.69 Å². The van der Waals surface area contributed by atoms with Crippen molar-refractivity contribution in [2.75, 3.05) is 23.3 Å². The monoisotopic (exact) mass is 338 g/mol. The fraction of sp³-hybridized carbons (Fsp3) is 0.450. The number of carbonyl (C=O) groups excluding carboxylic acids is 1. The molecule has 1 atom stereocenters. The van der Waals surface area contributed by atoms with Crippen LogP contribution in [0.4, 0.5) is 11.6 Å². The number of nitrogens with one attached hydrogen (secondary N) is 1. The zero-order valence-corrected chi connectivity index (χ0v) is 15.2. The van der Waals surface area contributed by atoms with Gasteiger partial charge in [-0.2, -0.15) is 0 Å². The molecule has 1 aliphatic rings. The maximum atomic E-state index is 12.7. The minimum atomic E-state index is -0.183. The molecule has 132 valence electrons. The first-order chi connectivity index (χ1) is 12.1. The van der Waals surface area contributed by atoms with Crippen LogP contribution in [0.1, 0.15) is 48.3 Å². The number of hydrogen-bond acceptors (Lipinski definition) is 4. The summed E-state index contributed by atoms with van der Waals surface area (Å²) in [7, 11) is 0. The van der Waals surface area contributed by atoms with E-state index in [2.05, 4.69) is 34.0 Å². The molecule has 1 N–H and O–H groups in total. The van der Waals surface area contributed by atoms with Crippen LogP contribution in [0.25, 0.3) is 0 Å². The molecule has 0 bridgehead atoms. The molecule has 25 heavy (non-hydrogen) atoms. The molecular formula is C20H26N4O. The second-order valence-electron chi connectivity index (χ2n) is 6.85. The molecule has 0 radical (unpaired) electrons. The fourth-order valence-corrected chi connectivity index (χ4v) is 3.38. The topological polar surface area (TPSA) is 58.1 Å². The Balaban J connectivity index is 1.80. The van der Waals surface area contributed by atoms with Crippen molar-refractivity contribution < 1.29 is 4.79 Å². The van der Waals surface area contributed by atoms with Crippen LogP contribution in [0, 0.1) is 12.8 Å². The lowest BCUT2D eigenvalue weighted by atomic mass is 10.0. The van der Waals surface area contributed by atoms with Gasteiger partial charge in [-0.3, -0.25) is 4.79 Å². The van der Waals surface area contributed by atoms with Crippen molar-refractivity contribution in [3.05, 3.63) is 47.3 Å². The Kier molecular flexibility index (Phi) is 5.31. The van der Waals surface area contributed by atoms with Crippen molar-refractivity contribution >= 4 is 17.5 Å². The van der Waals surface area contributed by atoms with Gasteiger partial charge in [0.25, 0.3) is 5.91 Å². The van der Waals surface area contributed by atoms with E-state index >= 15 is 0 Å². The van der Waals surface area contributed by atoms with Gasteiger partial charge in [0.15, 0.2) is 0 Å². The predicted octanol–water partition coefficient (Wildman–Crippen LogP) is 3.84. The SMILES string of the molecule is CCc1cccc(C)c1NC(=O)c1ccnc(N2CCCC(C)C2)n1. The van der Waals surface area contributed by atoms with Crippen LogP contribution < -0.4 is 10.2 Å². The summed E-state index contributed by atoms with van der Waals surface area (Å²) < 4.78 is 0. The van der Waals surface area contributed by atoms with E-state index in [9.17, 15) is 4.79 Å². The number of piperidine rings is 1. The van der Waals surface area contributed by atoms with Crippen molar-refractivity contribution in [3.63, 3.8) is 0 Å². The molecule has 1 saturated heterocycles. The van der Waals surface area contributed by atoms with Crippen LogP contribution >= 0.6 is 0 Å². The van der Waals surface area contributed by atoms with Gasteiger partial charge in [0.2, 0.25) is 5.95 Å². The average molecular weight is 338 g/mol. The Labute approximate surface area is 149 Å². The van der Waals surface area contributed by atoms with Crippen LogP contribution in [-0.4, -0.2) is 29.0 Å². The largest absolute Gasteiger partial charge is 0.341 e. The molecule has 0 saturated carbocycles. The number of hydrogen-bond donors (Lipinski definition) is 1. The maximum absolute atomic E-state index is 12.7. The summed E-state index contributed by atoms with van der Waals surface area (Å²) in [5.74, 6) is 1.10. The van der Waals surface area contributed by atoms with Crippen LogP contribution in [0.2, 0.25) is 0 Å². The Hall–Kier alpha value is -2.43. The molecule has 1 aromatic carbocycles. The van der Waals surface area contributed by atoms with E-state index in [0.717, 1.165) is 42.7 Å². The number of benzene rings is 1. The Bertz CT molecular complexity index is 759. The minimum Gasteiger partial charge on any atom is -0.341 e. The van der Waals surface area contributed by atoms with Gasteiger partial charge in [-0.15, -0.1) is 0 Å². The van der Waals surface area contributed by atoms with Gasteiger partial charge in [0.05, 0.1) is 0 Å². The van der Waals surface area contributed by atoms with Crippen LogP contribution in [0.15, 0.2) is 30.5 Å². The summed E-state index contributed by atoms with van der Waals surface area (Å²) in [5, 5.41) is 3.04. The number of nitrogens with zero attached hydrogens (tertiary/aromatic N) is 3. The Morgan fingerprint density at radius 3 is 2.96 bits per heavy atom. The number of para-hydroxylation sites is 1. The van der Waals surface area contributed by atoms with Crippen LogP contribution in [0.3, 0.4) is 0 Å². The van der Waals surface area contributed by atoms with Crippen molar-refractivity contribution in [1.29, 1.82) is 0 Å². The molecule has 0 aliphatic carbocycles. The highest BCUT2D eigenvalue weighted by molar-refractivity contribution is 6.03. The van der Waals surface area contributed by atoms with Gasteiger partial charge in [-0.05, 0) is 49.3 Å². The van der Waals surface area contributed by atoms with E-state index in [4.69, 9.17) is 0 Å². The lowest BCUT2D eigenvalue weighted by molar-refractivity contribution is 0.102. The fourth-order valence-electron chi connectivity index (χ4n) is 3.38. The normalized spacial score (nSPS) is 17.4. The quantitative estimate of drug-likeness (QED) is 0.920. The summed E-state index contributed by atoms with van der Waals surface area (Å²) in [6, 6.07) is 7.75. The number of rotatable bonds is 4. The number of aromatic nitrogens is 2. The molecule has 2 heterocycles. The van der Waals surface area contributed by atoms with Gasteiger partial charge < -0.3 is 10.2 Å². The first kappa shape index (κ1) is 17.4. The molecule has 1 amide bonds. The van der Waals surface area contributed by atoms with Crippen molar-refractivity contribution in [3.8, 4) is 0 Å². The lowest BCUT2D eigenvalue weighted by Gasteiger charge is -2.30. The first-order valence-corrected chi connectivity index (χ1v) is 9.06. The summed E-state index contributed by atoms with van der Waals surface area (Å²) in [4.78, 5) is 23.8. The van der Waals surface area contributed by atoms with Crippen molar-refractivity contribution in [2.45, 2.75) is 40.0 Å². The van der Waals surface area contributed by atoms with Crippen molar-refractivity contribution in [2.24, 2.45) is 5.92 Å². The molecule has 1 unspecified atom stereocenters. The van der Waals surface area contributed by atoms with Gasteiger partial charge in [0, 0.05) is 25.0 Å². The molecule has 1 fully saturated rings. The van der Waals surface area contributed by atoms with E-state index in [-0.39, 0.29) is 5.91 Å². The van der Waals surface area contributed by atoms with E-state index in [1.807, 2.05) is 25.1 Å². The number of aryl methyl sites for hydroxylation is 2. The third kappa shape index (κ3) is 3.98. The number of anilines is 2. The van der Waals surface area contributed by atoms with Gasteiger partial charge in [-0.1, -0.05) is 32.0 Å². The highest BCUT2D eigenvalue weighted by atomic mass is 16.1. The molecule has 5 nitrogen and oxygen atoms in total. The summed E-state index contributed by atoms with van der Waals surface area (Å²) in [6.45, 7) is 8.24. The smallest absolute Gasteiger partial charge is 0.274 e. The molecule has 2 aromatic rings. The summed E-state index contributed by atoms with van der Waals surface area (Å²) in [5.41, 5.74) is 3.50. The predicted molar refractivity (Wildman–Crippen MR) is 101 cm³/mol. The van der Waals surface area contributed by atoms with E-state index in [0.29, 0.717) is 17.6 Å². The standard InChI is InChI=1S/C20H26N4O/c1-4-16-9-5-8-15(3)18(16)23-19(25)17-10-11-21-20(22-17)24-12-6-7-14(2)13-24/h5,8-11,14H,4,6-7,12-13H2,1-3H3,(H,23,25). The molecule has 3 rings (SSSR count). The molecule has 1 aromatic heterocycles. The van der Waals surface area contributed by atoms with Gasteiger partial charge >= 0.3 is 0 Å². The van der Waals surface area contributed by atoms with Crippen LogP contribution in [0.5, 0.6) is 0 Å². The molecule has 5 heteroatoms. The molecule has 0 spiro atoms. The minimum absolute atomic E-state index is 0.183. The molecule has 1 aliphatic heterocycles. The summed E-state index contributed by atoms with van der Waals surface area (Å²) in [6.07, 6.45) is 4.93. The highest BCUT2D eigenvalue weighted by Crippen LogP contribution is 2.23. The second kappa shape index (κ2) is 7.64. The Morgan fingerprint density at radius 2 is 2.20 bits per heavy atom. The second-order valence-corrected chi connectivity index (χ2v) is 6.85. The zero-order chi connectivity index (χ0) is 17.8. The highest BCUT2D eigenvalue weighted by Gasteiger charge is 2.20. The van der Waals surface area contributed by atoms with Crippen molar-refractivity contribution in [1.82, 2.24) is 9.97 Å². The maximum Gasteiger partial charge on any atom is 0.274 e. The summed E-state index contributed by atoms with van der Waals surface area (Å²) >= 11 is 0. The average Bonchev–Trinajstić information content (AvgIpc) is 2.63. The third-order valence-electron chi connectivity index (χ3n) is 4.79. The first-order valence-electron chi connectivity index (χ1n) is 9.06. The van der Waals surface area contributed by atoms with Gasteiger partial charge in [-0.25, -0.2) is 9.97 Å². The zero-order valence-electron chi connectivity index (χ0n) is 15.2. The number of amides is 1.